The fourth-order valence-corrected chi connectivity index (χ4v) is 1.57. The Morgan fingerprint density at radius 2 is 1.89 bits per heavy atom. The summed E-state index contributed by atoms with van der Waals surface area (Å²) < 4.78 is 0. The topological polar surface area (TPSA) is 55.1 Å². The SMILES string of the molecule is CCC(C)(N)C(=O)NCc1ccc(C(C)C)cc1. The number of nitrogens with two attached hydrogens (primary N) is 1. The first-order valence-electron chi connectivity index (χ1n) is 6.53. The second-order valence-corrected chi connectivity index (χ2v) is 5.35. The molecule has 3 N–H and O–H groups in total. The number of amides is 1. The van der Waals surface area contributed by atoms with Crippen molar-refractivity contribution in [3.05, 3.63) is 35.4 Å². The van der Waals surface area contributed by atoms with Crippen LogP contribution in [0.4, 0.5) is 0 Å². The molecular formula is C15H24N2O. The predicted molar refractivity (Wildman–Crippen MR) is 75.3 cm³/mol. The van der Waals surface area contributed by atoms with Gasteiger partial charge in [0.1, 0.15) is 0 Å². The van der Waals surface area contributed by atoms with Gasteiger partial charge in [-0.25, -0.2) is 0 Å². The van der Waals surface area contributed by atoms with E-state index < -0.39 is 5.54 Å². The molecule has 0 heterocycles. The Bertz CT molecular complexity index is 393. The smallest absolute Gasteiger partial charge is 0.240 e. The molecule has 0 saturated heterocycles. The van der Waals surface area contributed by atoms with E-state index in [2.05, 4.69) is 43.4 Å². The summed E-state index contributed by atoms with van der Waals surface area (Å²) in [5.74, 6) is 0.430. The molecule has 0 aliphatic heterocycles. The van der Waals surface area contributed by atoms with E-state index in [1.807, 2.05) is 6.92 Å². The summed E-state index contributed by atoms with van der Waals surface area (Å²) in [4.78, 5) is 11.8. The summed E-state index contributed by atoms with van der Waals surface area (Å²) in [5, 5.41) is 2.87. The second-order valence-electron chi connectivity index (χ2n) is 5.35. The van der Waals surface area contributed by atoms with Crippen molar-refractivity contribution >= 4 is 5.91 Å². The van der Waals surface area contributed by atoms with Crippen molar-refractivity contribution in [1.29, 1.82) is 0 Å². The quantitative estimate of drug-likeness (QED) is 0.841. The zero-order valence-electron chi connectivity index (χ0n) is 11.8. The Hall–Kier alpha value is -1.35. The molecule has 0 aliphatic rings. The summed E-state index contributed by atoms with van der Waals surface area (Å²) >= 11 is 0. The van der Waals surface area contributed by atoms with E-state index in [4.69, 9.17) is 5.73 Å². The van der Waals surface area contributed by atoms with Crippen molar-refractivity contribution in [3.8, 4) is 0 Å². The highest BCUT2D eigenvalue weighted by molar-refractivity contribution is 5.85. The Morgan fingerprint density at radius 3 is 2.33 bits per heavy atom. The molecular weight excluding hydrogens is 224 g/mol. The number of benzene rings is 1. The number of hydrogen-bond donors (Lipinski definition) is 2. The zero-order valence-corrected chi connectivity index (χ0v) is 11.8. The van der Waals surface area contributed by atoms with Crippen LogP contribution < -0.4 is 11.1 Å². The minimum Gasteiger partial charge on any atom is -0.350 e. The van der Waals surface area contributed by atoms with Crippen LogP contribution in [0.25, 0.3) is 0 Å². The normalized spacial score (nSPS) is 14.3. The molecule has 0 fully saturated rings. The lowest BCUT2D eigenvalue weighted by atomic mass is 9.99. The van der Waals surface area contributed by atoms with E-state index in [0.717, 1.165) is 5.56 Å². The maximum atomic E-state index is 11.8. The van der Waals surface area contributed by atoms with Crippen molar-refractivity contribution in [3.63, 3.8) is 0 Å². The maximum absolute atomic E-state index is 11.8. The lowest BCUT2D eigenvalue weighted by Gasteiger charge is -2.21. The molecule has 0 bridgehead atoms. The highest BCUT2D eigenvalue weighted by Gasteiger charge is 2.25. The van der Waals surface area contributed by atoms with Crippen LogP contribution in [-0.4, -0.2) is 11.4 Å². The predicted octanol–water partition coefficient (Wildman–Crippen LogP) is 2.55. The molecule has 0 radical (unpaired) electrons. The Balaban J connectivity index is 2.57. The molecule has 1 amide bonds. The van der Waals surface area contributed by atoms with Crippen molar-refractivity contribution < 1.29 is 4.79 Å². The Kier molecular flexibility index (Phi) is 4.91. The molecule has 3 heteroatoms. The van der Waals surface area contributed by atoms with Gasteiger partial charge < -0.3 is 11.1 Å². The molecule has 0 aliphatic carbocycles. The van der Waals surface area contributed by atoms with Gasteiger partial charge in [-0.1, -0.05) is 45.0 Å². The van der Waals surface area contributed by atoms with Crippen LogP contribution in [0.15, 0.2) is 24.3 Å². The molecule has 1 atom stereocenters. The molecule has 1 rings (SSSR count). The van der Waals surface area contributed by atoms with Crippen LogP contribution in [0.2, 0.25) is 0 Å². The van der Waals surface area contributed by atoms with E-state index in [9.17, 15) is 4.79 Å². The highest BCUT2D eigenvalue weighted by atomic mass is 16.2. The van der Waals surface area contributed by atoms with Crippen LogP contribution in [0, 0.1) is 0 Å². The first-order valence-corrected chi connectivity index (χ1v) is 6.53. The average Bonchev–Trinajstić information content (AvgIpc) is 2.36. The molecule has 1 aromatic carbocycles. The van der Waals surface area contributed by atoms with Crippen molar-refractivity contribution in [1.82, 2.24) is 5.32 Å². The Labute approximate surface area is 110 Å². The van der Waals surface area contributed by atoms with Crippen LogP contribution in [0.5, 0.6) is 0 Å². The molecule has 0 saturated carbocycles. The summed E-state index contributed by atoms with van der Waals surface area (Å²) in [5.41, 5.74) is 7.50. The third-order valence-corrected chi connectivity index (χ3v) is 3.35. The number of hydrogen-bond acceptors (Lipinski definition) is 2. The number of carbonyl (C=O) groups excluding carboxylic acids is 1. The molecule has 3 nitrogen and oxygen atoms in total. The number of nitrogens with one attached hydrogen (secondary N) is 1. The largest absolute Gasteiger partial charge is 0.350 e. The standard InChI is InChI=1S/C15H24N2O/c1-5-15(4,16)14(18)17-10-12-6-8-13(9-7-12)11(2)3/h6-9,11H,5,10,16H2,1-4H3,(H,17,18). The molecule has 100 valence electrons. The average molecular weight is 248 g/mol. The maximum Gasteiger partial charge on any atom is 0.240 e. The van der Waals surface area contributed by atoms with Crippen LogP contribution >= 0.6 is 0 Å². The number of rotatable bonds is 5. The van der Waals surface area contributed by atoms with Crippen molar-refractivity contribution in [2.75, 3.05) is 0 Å². The van der Waals surface area contributed by atoms with Gasteiger partial charge in [0.2, 0.25) is 5.91 Å². The molecule has 1 aromatic rings. The zero-order chi connectivity index (χ0) is 13.8. The van der Waals surface area contributed by atoms with Gasteiger partial charge in [0, 0.05) is 6.54 Å². The third-order valence-electron chi connectivity index (χ3n) is 3.35. The van der Waals surface area contributed by atoms with Crippen molar-refractivity contribution in [2.45, 2.75) is 52.1 Å². The summed E-state index contributed by atoms with van der Waals surface area (Å²) in [6.07, 6.45) is 0.630. The minimum atomic E-state index is -0.780. The molecule has 0 aromatic heterocycles. The molecule has 18 heavy (non-hydrogen) atoms. The van der Waals surface area contributed by atoms with E-state index in [1.165, 1.54) is 5.56 Å². The number of carbonyl (C=O) groups is 1. The van der Waals surface area contributed by atoms with Crippen LogP contribution in [0.3, 0.4) is 0 Å². The van der Waals surface area contributed by atoms with Gasteiger partial charge >= 0.3 is 0 Å². The van der Waals surface area contributed by atoms with Crippen LogP contribution in [-0.2, 0) is 11.3 Å². The highest BCUT2D eigenvalue weighted by Crippen LogP contribution is 2.14. The lowest BCUT2D eigenvalue weighted by molar-refractivity contribution is -0.126. The van der Waals surface area contributed by atoms with Gasteiger partial charge in [0.15, 0.2) is 0 Å². The van der Waals surface area contributed by atoms with Crippen molar-refractivity contribution in [2.24, 2.45) is 5.73 Å². The lowest BCUT2D eigenvalue weighted by Crippen LogP contribution is -2.50. The first kappa shape index (κ1) is 14.7. The monoisotopic (exact) mass is 248 g/mol. The molecule has 1 unspecified atom stereocenters. The fraction of sp³-hybridized carbons (Fsp3) is 0.533. The molecule has 0 spiro atoms. The summed E-state index contributed by atoms with van der Waals surface area (Å²) in [6.45, 7) is 8.53. The van der Waals surface area contributed by atoms with E-state index in [-0.39, 0.29) is 5.91 Å². The minimum absolute atomic E-state index is 0.0991. The Morgan fingerprint density at radius 1 is 1.33 bits per heavy atom. The van der Waals surface area contributed by atoms with Gasteiger partial charge in [0.25, 0.3) is 0 Å². The third kappa shape index (κ3) is 3.84. The van der Waals surface area contributed by atoms with E-state index in [1.54, 1.807) is 6.92 Å². The fourth-order valence-electron chi connectivity index (χ4n) is 1.57. The van der Waals surface area contributed by atoms with Gasteiger partial charge in [-0.15, -0.1) is 0 Å². The van der Waals surface area contributed by atoms with Gasteiger partial charge in [-0.05, 0) is 30.4 Å². The van der Waals surface area contributed by atoms with Crippen LogP contribution in [0.1, 0.15) is 51.2 Å². The van der Waals surface area contributed by atoms with Gasteiger partial charge in [-0.2, -0.15) is 0 Å². The summed E-state index contributed by atoms with van der Waals surface area (Å²) in [6, 6.07) is 8.31. The first-order chi connectivity index (χ1) is 8.36. The van der Waals surface area contributed by atoms with E-state index in [0.29, 0.717) is 18.9 Å². The van der Waals surface area contributed by atoms with E-state index >= 15 is 0 Å². The second kappa shape index (κ2) is 6.01. The summed E-state index contributed by atoms with van der Waals surface area (Å²) in [7, 11) is 0. The van der Waals surface area contributed by atoms with Gasteiger partial charge in [0.05, 0.1) is 5.54 Å². The van der Waals surface area contributed by atoms with Gasteiger partial charge in [-0.3, -0.25) is 4.79 Å².